The van der Waals surface area contributed by atoms with Gasteiger partial charge in [-0.1, -0.05) is 6.07 Å². The summed E-state index contributed by atoms with van der Waals surface area (Å²) in [6.45, 7) is 3.70. The zero-order valence-corrected chi connectivity index (χ0v) is 5.79. The first-order valence-electron chi connectivity index (χ1n) is 2.93. The maximum absolute atomic E-state index is 8.96. The van der Waals surface area contributed by atoms with Crippen molar-refractivity contribution in [1.29, 1.82) is 0 Å². The molecule has 53 valence electrons. The van der Waals surface area contributed by atoms with E-state index in [1.165, 1.54) is 6.07 Å². The predicted octanol–water partition coefficient (Wildman–Crippen LogP) is 1.58. The molecule has 1 N–H and O–H groups in total. The van der Waals surface area contributed by atoms with E-state index in [2.05, 4.69) is 6.92 Å². The number of rotatable bonds is 1. The Morgan fingerprint density at radius 1 is 1.50 bits per heavy atom. The lowest BCUT2D eigenvalue weighted by Gasteiger charge is -2.02. The minimum absolute atomic E-state index is 0.198. The molecule has 0 aliphatic rings. The highest BCUT2D eigenvalue weighted by Crippen LogP contribution is 2.21. The summed E-state index contributed by atoms with van der Waals surface area (Å²) in [4.78, 5) is 0. The molecule has 0 bridgehead atoms. The zero-order valence-electron chi connectivity index (χ0n) is 5.79. The molecule has 2 nitrogen and oxygen atoms in total. The summed E-state index contributed by atoms with van der Waals surface area (Å²) >= 11 is 0. The lowest BCUT2D eigenvalue weighted by Crippen LogP contribution is -1.85. The average molecular weight is 137 g/mol. The molecule has 0 aliphatic carbocycles. The normalized spacial score (nSPS) is 9.40. The Morgan fingerprint density at radius 3 is 2.70 bits per heavy atom. The molecule has 0 saturated carbocycles. The maximum atomic E-state index is 8.96. The summed E-state index contributed by atoms with van der Waals surface area (Å²) in [6.07, 6.45) is 0. The molecule has 0 atom stereocenters. The fourth-order valence-electron chi connectivity index (χ4n) is 0.733. The van der Waals surface area contributed by atoms with Gasteiger partial charge in [-0.05, 0) is 18.6 Å². The second-order valence-corrected chi connectivity index (χ2v) is 2.00. The molecule has 0 unspecified atom stereocenters. The number of hydrogen-bond donors (Lipinski definition) is 1. The highest BCUT2D eigenvalue weighted by atomic mass is 16.5. The molecule has 1 aromatic rings. The molecular weight excluding hydrogens is 128 g/mol. The van der Waals surface area contributed by atoms with Crippen LogP contribution in [0.3, 0.4) is 0 Å². The van der Waals surface area contributed by atoms with Crippen LogP contribution >= 0.6 is 0 Å². The Morgan fingerprint density at radius 2 is 2.20 bits per heavy atom. The highest BCUT2D eigenvalue weighted by molar-refractivity contribution is 5.41. The molecule has 10 heavy (non-hydrogen) atoms. The summed E-state index contributed by atoms with van der Waals surface area (Å²) in [5, 5.41) is 8.96. The number of ether oxygens (including phenoxy) is 1. The summed E-state index contributed by atoms with van der Waals surface area (Å²) in [5.74, 6) is 0.809. The standard InChI is InChI=1S/C8H9O2/c1-6-3-4-7(9)5-8(6)10-2/h3-5,9H,1H2,2H3. The molecule has 0 fully saturated rings. The third-order valence-corrected chi connectivity index (χ3v) is 1.27. The van der Waals surface area contributed by atoms with Crippen molar-refractivity contribution in [2.45, 2.75) is 0 Å². The van der Waals surface area contributed by atoms with Gasteiger partial charge in [-0.25, -0.2) is 0 Å². The zero-order chi connectivity index (χ0) is 7.56. The fraction of sp³-hybridized carbons (Fsp3) is 0.125. The van der Waals surface area contributed by atoms with Crippen LogP contribution in [-0.4, -0.2) is 12.2 Å². The van der Waals surface area contributed by atoms with Gasteiger partial charge in [-0.15, -0.1) is 0 Å². The van der Waals surface area contributed by atoms with E-state index in [4.69, 9.17) is 9.84 Å². The SMILES string of the molecule is [CH2]c1ccc(O)cc1OC. The van der Waals surface area contributed by atoms with E-state index < -0.39 is 0 Å². The molecule has 0 aromatic heterocycles. The van der Waals surface area contributed by atoms with E-state index in [9.17, 15) is 0 Å². The third-order valence-electron chi connectivity index (χ3n) is 1.27. The van der Waals surface area contributed by atoms with Gasteiger partial charge in [0.05, 0.1) is 7.11 Å². The monoisotopic (exact) mass is 137 g/mol. The van der Waals surface area contributed by atoms with Crippen molar-refractivity contribution in [3.8, 4) is 11.5 Å². The lowest BCUT2D eigenvalue weighted by atomic mass is 10.2. The van der Waals surface area contributed by atoms with Crippen molar-refractivity contribution in [3.63, 3.8) is 0 Å². The van der Waals surface area contributed by atoms with Crippen molar-refractivity contribution >= 4 is 0 Å². The van der Waals surface area contributed by atoms with Gasteiger partial charge < -0.3 is 9.84 Å². The van der Waals surface area contributed by atoms with E-state index in [1.54, 1.807) is 19.2 Å². The van der Waals surface area contributed by atoms with E-state index in [0.29, 0.717) is 5.75 Å². The molecule has 0 amide bonds. The molecular formula is C8H9O2. The van der Waals surface area contributed by atoms with Gasteiger partial charge in [0, 0.05) is 6.07 Å². The van der Waals surface area contributed by atoms with E-state index in [1.807, 2.05) is 0 Å². The third kappa shape index (κ3) is 1.21. The van der Waals surface area contributed by atoms with Crippen molar-refractivity contribution in [2.75, 3.05) is 7.11 Å². The highest BCUT2D eigenvalue weighted by Gasteiger charge is 1.96. The van der Waals surface area contributed by atoms with Crippen LogP contribution in [-0.2, 0) is 0 Å². The van der Waals surface area contributed by atoms with Crippen LogP contribution in [0.5, 0.6) is 11.5 Å². The van der Waals surface area contributed by atoms with Crippen LogP contribution in [0.2, 0.25) is 0 Å². The van der Waals surface area contributed by atoms with Gasteiger partial charge >= 0.3 is 0 Å². The molecule has 2 heteroatoms. The molecule has 0 spiro atoms. The Balaban J connectivity index is 3.09. The van der Waals surface area contributed by atoms with Crippen molar-refractivity contribution in [2.24, 2.45) is 0 Å². The first-order chi connectivity index (χ1) is 4.74. The quantitative estimate of drug-likeness (QED) is 0.636. The van der Waals surface area contributed by atoms with E-state index >= 15 is 0 Å². The van der Waals surface area contributed by atoms with Crippen LogP contribution < -0.4 is 4.74 Å². The molecule has 1 aromatic carbocycles. The number of aromatic hydroxyl groups is 1. The first-order valence-corrected chi connectivity index (χ1v) is 2.93. The van der Waals surface area contributed by atoms with Gasteiger partial charge in [0.1, 0.15) is 11.5 Å². The van der Waals surface area contributed by atoms with Gasteiger partial charge in [0.15, 0.2) is 0 Å². The topological polar surface area (TPSA) is 29.5 Å². The van der Waals surface area contributed by atoms with Crippen LogP contribution in [0.1, 0.15) is 5.56 Å². The van der Waals surface area contributed by atoms with E-state index in [-0.39, 0.29) is 5.75 Å². The molecule has 0 aliphatic heterocycles. The first kappa shape index (κ1) is 6.93. The number of phenolic OH excluding ortho intramolecular Hbond substituents is 1. The smallest absolute Gasteiger partial charge is 0.125 e. The second-order valence-electron chi connectivity index (χ2n) is 2.00. The van der Waals surface area contributed by atoms with E-state index in [0.717, 1.165) is 5.56 Å². The largest absolute Gasteiger partial charge is 0.508 e. The second kappa shape index (κ2) is 2.60. The minimum Gasteiger partial charge on any atom is -0.508 e. The molecule has 1 radical (unpaired) electrons. The van der Waals surface area contributed by atoms with Gasteiger partial charge in [0.25, 0.3) is 0 Å². The van der Waals surface area contributed by atoms with Crippen LogP contribution in [0.4, 0.5) is 0 Å². The van der Waals surface area contributed by atoms with Gasteiger partial charge in [-0.3, -0.25) is 0 Å². The van der Waals surface area contributed by atoms with Crippen molar-refractivity contribution in [3.05, 3.63) is 30.7 Å². The van der Waals surface area contributed by atoms with Crippen LogP contribution in [0.25, 0.3) is 0 Å². The van der Waals surface area contributed by atoms with Crippen LogP contribution in [0.15, 0.2) is 18.2 Å². The summed E-state index contributed by atoms with van der Waals surface area (Å²) in [7, 11) is 1.55. The number of benzene rings is 1. The molecule has 1 rings (SSSR count). The fourth-order valence-corrected chi connectivity index (χ4v) is 0.733. The Bertz CT molecular complexity index is 231. The molecule has 0 saturated heterocycles. The summed E-state index contributed by atoms with van der Waals surface area (Å²) in [6, 6.07) is 4.81. The summed E-state index contributed by atoms with van der Waals surface area (Å²) < 4.78 is 4.90. The Kier molecular flexibility index (Phi) is 1.81. The minimum atomic E-state index is 0.198. The lowest BCUT2D eigenvalue weighted by molar-refractivity contribution is 0.406. The number of hydrogen-bond acceptors (Lipinski definition) is 2. The summed E-state index contributed by atoms with van der Waals surface area (Å²) in [5.41, 5.74) is 0.778. The predicted molar refractivity (Wildman–Crippen MR) is 39.1 cm³/mol. The number of methoxy groups -OCH3 is 1. The van der Waals surface area contributed by atoms with Crippen molar-refractivity contribution in [1.82, 2.24) is 0 Å². The maximum Gasteiger partial charge on any atom is 0.125 e. The van der Waals surface area contributed by atoms with Gasteiger partial charge in [0.2, 0.25) is 0 Å². The Labute approximate surface area is 60.1 Å². The number of phenols is 1. The molecule has 0 heterocycles. The van der Waals surface area contributed by atoms with Crippen LogP contribution in [0, 0.1) is 6.92 Å². The Hall–Kier alpha value is -1.18. The average Bonchev–Trinajstić information content (AvgIpc) is 1.94. The van der Waals surface area contributed by atoms with Crippen molar-refractivity contribution < 1.29 is 9.84 Å². The van der Waals surface area contributed by atoms with Gasteiger partial charge in [-0.2, -0.15) is 0 Å².